The fourth-order valence-corrected chi connectivity index (χ4v) is 2.48. The Bertz CT molecular complexity index is 227. The molecule has 0 radical (unpaired) electrons. The van der Waals surface area contributed by atoms with E-state index in [1.54, 1.807) is 0 Å². The fourth-order valence-electron chi connectivity index (χ4n) is 2.48. The minimum absolute atomic E-state index is 0.0792. The lowest BCUT2D eigenvalue weighted by atomic mass is 9.86. The van der Waals surface area contributed by atoms with Crippen LogP contribution in [0.1, 0.15) is 64.7 Å². The van der Waals surface area contributed by atoms with Gasteiger partial charge in [-0.2, -0.15) is 0 Å². The van der Waals surface area contributed by atoms with Gasteiger partial charge in [-0.3, -0.25) is 4.79 Å². The minimum atomic E-state index is -0.0792. The molecule has 0 amide bonds. The molecule has 98 valence electrons. The van der Waals surface area contributed by atoms with Gasteiger partial charge in [0, 0.05) is 6.42 Å². The molecule has 2 nitrogen and oxygen atoms in total. The van der Waals surface area contributed by atoms with E-state index in [4.69, 9.17) is 4.74 Å². The van der Waals surface area contributed by atoms with Crippen LogP contribution in [-0.4, -0.2) is 12.6 Å². The van der Waals surface area contributed by atoms with Crippen molar-refractivity contribution < 1.29 is 9.53 Å². The number of esters is 1. The molecular weight excluding hydrogens is 212 g/mol. The predicted molar refractivity (Wildman–Crippen MR) is 70.8 cm³/mol. The molecule has 0 aliphatic heterocycles. The predicted octanol–water partition coefficient (Wildman–Crippen LogP) is 4.25. The molecule has 1 aliphatic rings. The van der Waals surface area contributed by atoms with Gasteiger partial charge in [0.1, 0.15) is 0 Å². The quantitative estimate of drug-likeness (QED) is 0.489. The summed E-state index contributed by atoms with van der Waals surface area (Å²) in [5.74, 6) is 0.878. The lowest BCUT2D eigenvalue weighted by Crippen LogP contribution is -2.05. The molecule has 0 unspecified atom stereocenters. The highest BCUT2D eigenvalue weighted by atomic mass is 16.5. The maximum atomic E-state index is 11.1. The third-order valence-electron chi connectivity index (χ3n) is 3.45. The second kappa shape index (κ2) is 9.26. The van der Waals surface area contributed by atoms with Crippen LogP contribution >= 0.6 is 0 Å². The maximum absolute atomic E-state index is 11.1. The van der Waals surface area contributed by atoms with Gasteiger partial charge in [0.05, 0.1) is 6.61 Å². The first-order valence-electron chi connectivity index (χ1n) is 7.13. The Morgan fingerprint density at radius 3 is 2.59 bits per heavy atom. The molecule has 1 fully saturated rings. The van der Waals surface area contributed by atoms with Gasteiger partial charge in [-0.25, -0.2) is 0 Å². The summed E-state index contributed by atoms with van der Waals surface area (Å²) in [5, 5.41) is 0. The van der Waals surface area contributed by atoms with Crippen molar-refractivity contribution in [2.75, 3.05) is 6.61 Å². The van der Waals surface area contributed by atoms with Gasteiger partial charge in [0.15, 0.2) is 0 Å². The van der Waals surface area contributed by atoms with Gasteiger partial charge in [0.2, 0.25) is 0 Å². The Morgan fingerprint density at radius 2 is 1.88 bits per heavy atom. The van der Waals surface area contributed by atoms with Crippen LogP contribution in [0.4, 0.5) is 0 Å². The Morgan fingerprint density at radius 1 is 1.18 bits per heavy atom. The third kappa shape index (κ3) is 7.19. The summed E-state index contributed by atoms with van der Waals surface area (Å²) in [6.45, 7) is 2.34. The number of rotatable bonds is 7. The zero-order valence-corrected chi connectivity index (χ0v) is 11.1. The SMILES string of the molecule is CCOC(=O)CCC=CCCC1CCCCC1. The van der Waals surface area contributed by atoms with Gasteiger partial charge in [-0.15, -0.1) is 0 Å². The van der Waals surface area contributed by atoms with Gasteiger partial charge in [-0.05, 0) is 32.1 Å². The third-order valence-corrected chi connectivity index (χ3v) is 3.45. The van der Waals surface area contributed by atoms with Crippen LogP contribution in [0.2, 0.25) is 0 Å². The summed E-state index contributed by atoms with van der Waals surface area (Å²) in [7, 11) is 0. The molecule has 2 heteroatoms. The molecule has 0 bridgehead atoms. The van der Waals surface area contributed by atoms with Crippen molar-refractivity contribution in [2.45, 2.75) is 64.7 Å². The van der Waals surface area contributed by atoms with Crippen LogP contribution in [0.5, 0.6) is 0 Å². The highest BCUT2D eigenvalue weighted by Crippen LogP contribution is 2.27. The first-order chi connectivity index (χ1) is 8.33. The Kier molecular flexibility index (Phi) is 7.78. The second-order valence-electron chi connectivity index (χ2n) is 4.90. The van der Waals surface area contributed by atoms with E-state index in [0.29, 0.717) is 13.0 Å². The van der Waals surface area contributed by atoms with E-state index >= 15 is 0 Å². The van der Waals surface area contributed by atoms with Crippen molar-refractivity contribution in [1.82, 2.24) is 0 Å². The normalized spacial score (nSPS) is 17.5. The highest BCUT2D eigenvalue weighted by Gasteiger charge is 2.11. The summed E-state index contributed by atoms with van der Waals surface area (Å²) in [5.41, 5.74) is 0. The van der Waals surface area contributed by atoms with Crippen LogP contribution in [0.25, 0.3) is 0 Å². The summed E-state index contributed by atoms with van der Waals surface area (Å²) in [6, 6.07) is 0. The van der Waals surface area contributed by atoms with E-state index in [1.165, 1.54) is 44.9 Å². The Balaban J connectivity index is 1.96. The standard InChI is InChI=1S/C15H26O2/c1-2-17-15(16)13-9-4-3-6-10-14-11-7-5-8-12-14/h3-4,14H,2,5-13H2,1H3. The Hall–Kier alpha value is -0.790. The van der Waals surface area contributed by atoms with E-state index in [9.17, 15) is 4.79 Å². The molecule has 0 aromatic carbocycles. The molecule has 0 aromatic heterocycles. The smallest absolute Gasteiger partial charge is 0.306 e. The molecule has 0 saturated heterocycles. The topological polar surface area (TPSA) is 26.3 Å². The zero-order valence-electron chi connectivity index (χ0n) is 11.1. The molecule has 1 rings (SSSR count). The monoisotopic (exact) mass is 238 g/mol. The largest absolute Gasteiger partial charge is 0.466 e. The van der Waals surface area contributed by atoms with E-state index < -0.39 is 0 Å². The molecule has 0 N–H and O–H groups in total. The molecule has 0 spiro atoms. The number of allylic oxidation sites excluding steroid dienone is 2. The van der Waals surface area contributed by atoms with Crippen molar-refractivity contribution >= 4 is 5.97 Å². The van der Waals surface area contributed by atoms with Crippen LogP contribution < -0.4 is 0 Å². The molecule has 0 heterocycles. The first kappa shape index (κ1) is 14.3. The average Bonchev–Trinajstić information content (AvgIpc) is 2.35. The molecule has 1 aliphatic carbocycles. The summed E-state index contributed by atoms with van der Waals surface area (Å²) in [6.07, 6.45) is 15.3. The van der Waals surface area contributed by atoms with Crippen LogP contribution in [-0.2, 0) is 9.53 Å². The van der Waals surface area contributed by atoms with Crippen molar-refractivity contribution in [3.05, 3.63) is 12.2 Å². The summed E-state index contributed by atoms with van der Waals surface area (Å²) in [4.78, 5) is 11.1. The fraction of sp³-hybridized carbons (Fsp3) is 0.800. The number of hydrogen-bond acceptors (Lipinski definition) is 2. The van der Waals surface area contributed by atoms with Crippen molar-refractivity contribution in [3.8, 4) is 0 Å². The molecular formula is C15H26O2. The van der Waals surface area contributed by atoms with Gasteiger partial charge >= 0.3 is 5.97 Å². The van der Waals surface area contributed by atoms with Crippen molar-refractivity contribution in [3.63, 3.8) is 0 Å². The van der Waals surface area contributed by atoms with E-state index in [1.807, 2.05) is 6.92 Å². The lowest BCUT2D eigenvalue weighted by Gasteiger charge is -2.20. The van der Waals surface area contributed by atoms with E-state index in [0.717, 1.165) is 12.3 Å². The first-order valence-corrected chi connectivity index (χ1v) is 7.13. The lowest BCUT2D eigenvalue weighted by molar-refractivity contribution is -0.142. The van der Waals surface area contributed by atoms with Crippen LogP contribution in [0.3, 0.4) is 0 Å². The van der Waals surface area contributed by atoms with E-state index in [-0.39, 0.29) is 5.97 Å². The highest BCUT2D eigenvalue weighted by molar-refractivity contribution is 5.69. The number of carbonyl (C=O) groups excluding carboxylic acids is 1. The molecule has 0 atom stereocenters. The summed E-state index contributed by atoms with van der Waals surface area (Å²) >= 11 is 0. The maximum Gasteiger partial charge on any atom is 0.306 e. The minimum Gasteiger partial charge on any atom is -0.466 e. The van der Waals surface area contributed by atoms with Crippen LogP contribution in [0, 0.1) is 5.92 Å². The van der Waals surface area contributed by atoms with Gasteiger partial charge in [0.25, 0.3) is 0 Å². The molecule has 17 heavy (non-hydrogen) atoms. The van der Waals surface area contributed by atoms with Gasteiger partial charge in [-0.1, -0.05) is 44.3 Å². The second-order valence-corrected chi connectivity index (χ2v) is 4.90. The number of hydrogen-bond donors (Lipinski definition) is 0. The average molecular weight is 238 g/mol. The number of ether oxygens (including phenoxy) is 1. The molecule has 0 aromatic rings. The van der Waals surface area contributed by atoms with Gasteiger partial charge < -0.3 is 4.74 Å². The van der Waals surface area contributed by atoms with Crippen molar-refractivity contribution in [1.29, 1.82) is 0 Å². The summed E-state index contributed by atoms with van der Waals surface area (Å²) < 4.78 is 4.87. The van der Waals surface area contributed by atoms with E-state index in [2.05, 4.69) is 12.2 Å². The Labute approximate surface area is 105 Å². The zero-order chi connectivity index (χ0) is 12.3. The number of carbonyl (C=O) groups is 1. The van der Waals surface area contributed by atoms with Crippen LogP contribution in [0.15, 0.2) is 12.2 Å². The van der Waals surface area contributed by atoms with Crippen molar-refractivity contribution in [2.24, 2.45) is 5.92 Å². The molecule has 1 saturated carbocycles.